The predicted molar refractivity (Wildman–Crippen MR) is 239 cm³/mol. The van der Waals surface area contributed by atoms with E-state index in [1.54, 1.807) is 11.9 Å². The fourth-order valence-corrected chi connectivity index (χ4v) is 9.19. The number of Topliss-reactive ketones (excluding diaryl/α,β-unsaturated/α-hetero) is 1. The number of carboxylic acids is 1. The third-order valence-electron chi connectivity index (χ3n) is 11.8. The van der Waals surface area contributed by atoms with Crippen molar-refractivity contribution < 1.29 is 57.5 Å². The second-order valence-electron chi connectivity index (χ2n) is 17.2. The second-order valence-corrected chi connectivity index (χ2v) is 19.3. The number of anilines is 1. The summed E-state index contributed by atoms with van der Waals surface area (Å²) in [5.74, 6) is -4.65. The molecule has 1 fully saturated rings. The number of amides is 3. The van der Waals surface area contributed by atoms with Crippen LogP contribution in [0.25, 0.3) is 0 Å². The van der Waals surface area contributed by atoms with Gasteiger partial charge in [0.1, 0.15) is 10.7 Å². The van der Waals surface area contributed by atoms with Crippen LogP contribution in [-0.4, -0.2) is 104 Å². The van der Waals surface area contributed by atoms with E-state index in [0.717, 1.165) is 43.6 Å². The molecule has 0 radical (unpaired) electrons. The maximum absolute atomic E-state index is 14.3. The van der Waals surface area contributed by atoms with Crippen LogP contribution in [0.2, 0.25) is 0 Å². The number of hydrogen-bond donors (Lipinski definition) is 5. The number of nitrogens with zero attached hydrogens (tertiary/aromatic N) is 3. The minimum atomic E-state index is -5.00. The molecule has 3 rings (SSSR count). The van der Waals surface area contributed by atoms with Crippen molar-refractivity contribution >= 4 is 60.3 Å². The van der Waals surface area contributed by atoms with Crippen LogP contribution in [0, 0.1) is 23.7 Å². The lowest BCUT2D eigenvalue weighted by atomic mass is 9.83. The second kappa shape index (κ2) is 24.7. The van der Waals surface area contributed by atoms with Gasteiger partial charge in [-0.25, -0.2) is 9.55 Å². The Balaban J connectivity index is 1.88. The van der Waals surface area contributed by atoms with E-state index in [4.69, 9.17) is 9.26 Å². The molecular weight excluding hydrogens is 854 g/mol. The van der Waals surface area contributed by atoms with Gasteiger partial charge >= 0.3 is 19.8 Å². The topological polar surface area (TPSA) is 242 Å². The maximum atomic E-state index is 14.3. The Labute approximate surface area is 375 Å². The van der Waals surface area contributed by atoms with E-state index >= 15 is 0 Å². The summed E-state index contributed by atoms with van der Waals surface area (Å²) in [5.41, 5.74) is 0.482. The summed E-state index contributed by atoms with van der Waals surface area (Å²) in [6.45, 7) is 13.4. The summed E-state index contributed by atoms with van der Waals surface area (Å²) < 4.78 is 22.3. The van der Waals surface area contributed by atoms with Crippen molar-refractivity contribution in [1.82, 2.24) is 20.1 Å². The Morgan fingerprint density at radius 2 is 1.76 bits per heavy atom. The summed E-state index contributed by atoms with van der Waals surface area (Å²) in [6.07, 6.45) is 4.39. The molecule has 1 aliphatic rings. The van der Waals surface area contributed by atoms with Crippen molar-refractivity contribution in [2.75, 3.05) is 26.0 Å². The number of carbonyl (C=O) groups is 6. The van der Waals surface area contributed by atoms with Crippen LogP contribution in [-0.2, 0) is 39.7 Å². The molecule has 2 unspecified atom stereocenters. The number of carbonyl (C=O) groups excluding carboxylic acids is 5. The van der Waals surface area contributed by atoms with E-state index in [-0.39, 0.29) is 78.8 Å². The molecule has 5 N–H and O–H groups in total. The van der Waals surface area contributed by atoms with Gasteiger partial charge in [0.15, 0.2) is 17.6 Å². The molecule has 2 heterocycles. The third kappa shape index (κ3) is 16.7. The molecule has 19 heteroatoms. The molecule has 1 aromatic carbocycles. The van der Waals surface area contributed by atoms with Gasteiger partial charge in [-0.3, -0.25) is 43.5 Å². The Bertz CT molecular complexity index is 1940. The van der Waals surface area contributed by atoms with E-state index in [0.29, 0.717) is 23.4 Å². The number of ketones is 1. The molecule has 17 nitrogen and oxygen atoms in total. The van der Waals surface area contributed by atoms with Crippen molar-refractivity contribution in [3.8, 4) is 5.75 Å². The van der Waals surface area contributed by atoms with Crippen molar-refractivity contribution in [2.45, 2.75) is 143 Å². The van der Waals surface area contributed by atoms with Crippen LogP contribution in [0.4, 0.5) is 5.69 Å². The number of phosphoric acid groups is 1. The van der Waals surface area contributed by atoms with Crippen LogP contribution in [0.5, 0.6) is 5.75 Å². The summed E-state index contributed by atoms with van der Waals surface area (Å²) in [7, 11) is -1.33. The highest BCUT2D eigenvalue weighted by Crippen LogP contribution is 2.41. The van der Waals surface area contributed by atoms with Crippen LogP contribution in [0.3, 0.4) is 0 Å². The molecule has 0 spiro atoms. The smallest absolute Gasteiger partial charge is 0.481 e. The highest BCUT2D eigenvalue weighted by atomic mass is 32.1. The number of aromatic nitrogens is 1. The van der Waals surface area contributed by atoms with Crippen LogP contribution in [0.15, 0.2) is 23.6 Å². The van der Waals surface area contributed by atoms with Crippen molar-refractivity contribution in [3.05, 3.63) is 39.8 Å². The zero-order valence-corrected chi connectivity index (χ0v) is 39.8. The zero-order chi connectivity index (χ0) is 47.2. The van der Waals surface area contributed by atoms with Gasteiger partial charge in [-0.15, -0.1) is 11.3 Å². The van der Waals surface area contributed by atoms with E-state index in [1.165, 1.54) is 37.4 Å². The molecule has 1 aromatic heterocycles. The zero-order valence-electron chi connectivity index (χ0n) is 38.1. The van der Waals surface area contributed by atoms with E-state index in [2.05, 4.69) is 20.5 Å². The first-order valence-electron chi connectivity index (χ1n) is 21.9. The molecule has 1 saturated heterocycles. The van der Waals surface area contributed by atoms with Gasteiger partial charge in [0.05, 0.1) is 17.6 Å². The number of nitrogens with one attached hydrogen (secondary N) is 2. The number of ether oxygens (including phenoxy) is 1. The molecule has 1 aliphatic heterocycles. The first-order chi connectivity index (χ1) is 29.5. The molecule has 7 atom stereocenters. The monoisotopic (exact) mass is 921 g/mol. The lowest BCUT2D eigenvalue weighted by Gasteiger charge is -2.37. The number of carboxylic acid groups (broad SMARTS) is 1. The fraction of sp³-hybridized carbons (Fsp3) is 0.659. The largest absolute Gasteiger partial charge is 0.524 e. The van der Waals surface area contributed by atoms with Gasteiger partial charge in [-0.1, -0.05) is 66.9 Å². The number of hydrogen-bond acceptors (Lipinski definition) is 12. The Kier molecular flexibility index (Phi) is 20.9. The van der Waals surface area contributed by atoms with Crippen LogP contribution in [0.1, 0.15) is 140 Å². The van der Waals surface area contributed by atoms with Gasteiger partial charge in [0, 0.05) is 56.6 Å². The summed E-state index contributed by atoms with van der Waals surface area (Å²) in [6, 6.07) is 2.79. The fourth-order valence-electron chi connectivity index (χ4n) is 7.94. The Hall–Kier alpha value is -4.22. The molecule has 2 aromatic rings. The van der Waals surface area contributed by atoms with Crippen molar-refractivity contribution in [3.63, 3.8) is 0 Å². The number of unbranched alkanes of at least 4 members (excludes halogenated alkanes) is 1. The van der Waals surface area contributed by atoms with Gasteiger partial charge in [0.2, 0.25) is 11.8 Å². The molecule has 0 bridgehead atoms. The minimum Gasteiger partial charge on any atom is -0.481 e. The Morgan fingerprint density at radius 1 is 1.06 bits per heavy atom. The Morgan fingerprint density at radius 3 is 2.35 bits per heavy atom. The molecule has 63 heavy (non-hydrogen) atoms. The van der Waals surface area contributed by atoms with E-state index in [9.17, 15) is 48.2 Å². The number of likely N-dealkylation sites (tertiary alicyclic amines) is 1. The average molecular weight is 922 g/mol. The number of benzene rings is 1. The summed E-state index contributed by atoms with van der Waals surface area (Å²) in [4.78, 5) is 106. The lowest BCUT2D eigenvalue weighted by molar-refractivity contribution is -0.149. The number of thiazole rings is 1. The molecule has 0 saturated carbocycles. The van der Waals surface area contributed by atoms with Gasteiger partial charge < -0.3 is 29.9 Å². The molecule has 0 aliphatic carbocycles. The maximum Gasteiger partial charge on any atom is 0.524 e. The van der Waals surface area contributed by atoms with Gasteiger partial charge in [-0.2, -0.15) is 0 Å². The molecule has 352 valence electrons. The van der Waals surface area contributed by atoms with Crippen molar-refractivity contribution in [2.24, 2.45) is 23.7 Å². The standard InChI is InChI=1S/C44H68N5O12PS/c1-10-12-16-40(52)46-33-22-30(17-18-38(33)61-62(57,58)59)21-31(20-28(6)44(55)56)45-41(53)34-25-63-42(47-34)39(60-29(7)50)24-36(26(3)4)49(9)43(54)32(27(5)11-2)23-37(51)35-15-13-14-19-48(35)8/h17-18,22,25-28,31-32,35-36,39H,10-16,19-21,23-24H2,1-9H3,(H,45,53)(H,46,52)(H,55,56)(H2,57,58,59)/t27-,28?,31+,32-,35?,36+,39+/m0/s1. The number of aliphatic carboxylic acids is 1. The summed E-state index contributed by atoms with van der Waals surface area (Å²) >= 11 is 1.10. The first kappa shape index (κ1) is 53.1. The number of esters is 1. The van der Waals surface area contributed by atoms with E-state index < -0.39 is 61.6 Å². The highest BCUT2D eigenvalue weighted by Gasteiger charge is 2.38. The van der Waals surface area contributed by atoms with Crippen molar-refractivity contribution in [1.29, 1.82) is 0 Å². The first-order valence-corrected chi connectivity index (χ1v) is 24.3. The molecule has 3 amide bonds. The third-order valence-corrected chi connectivity index (χ3v) is 13.2. The number of rotatable bonds is 25. The predicted octanol–water partition coefficient (Wildman–Crippen LogP) is 6.78. The van der Waals surface area contributed by atoms with E-state index in [1.807, 2.05) is 41.7 Å². The number of piperidine rings is 1. The summed E-state index contributed by atoms with van der Waals surface area (Å²) in [5, 5.41) is 17.1. The average Bonchev–Trinajstić information content (AvgIpc) is 3.71. The van der Waals surface area contributed by atoms with Gasteiger partial charge in [-0.05, 0) is 75.2 Å². The number of phosphoric ester groups is 1. The highest BCUT2D eigenvalue weighted by molar-refractivity contribution is 7.46. The minimum absolute atomic E-state index is 0.00263. The SMILES string of the molecule is CCCCC(=O)Nc1cc(C[C@@H](CC(C)C(=O)O)NC(=O)c2csc([C@@H](C[C@H](C(C)C)N(C)C(=O)[C@@H](CC(=O)C3CCCCN3C)[C@@H](C)CC)OC(C)=O)n2)ccc1OP(=O)(O)O. The van der Waals surface area contributed by atoms with Gasteiger partial charge in [0.25, 0.3) is 5.91 Å². The normalized spacial score (nSPS) is 17.4. The molecular formula is C44H68N5O12PS. The number of likely N-dealkylation sites (N-methyl/N-ethyl adjacent to an activating group) is 1. The lowest BCUT2D eigenvalue weighted by Crippen LogP contribution is -2.48. The van der Waals surface area contributed by atoms with Crippen LogP contribution >= 0.6 is 19.2 Å². The quantitative estimate of drug-likeness (QED) is 0.0510. The van der Waals surface area contributed by atoms with Crippen LogP contribution < -0.4 is 15.2 Å².